The van der Waals surface area contributed by atoms with Crippen LogP contribution in [0.2, 0.25) is 0 Å². The zero-order valence-corrected chi connectivity index (χ0v) is 8.53. The van der Waals surface area contributed by atoms with Crippen molar-refractivity contribution in [3.63, 3.8) is 0 Å². The fourth-order valence-corrected chi connectivity index (χ4v) is 1.14. The van der Waals surface area contributed by atoms with Gasteiger partial charge in [-0.05, 0) is 6.42 Å². The van der Waals surface area contributed by atoms with Gasteiger partial charge in [0.25, 0.3) is 0 Å². The lowest BCUT2D eigenvalue weighted by Gasteiger charge is -2.19. The summed E-state index contributed by atoms with van der Waals surface area (Å²) in [5.74, 6) is -1.30. The van der Waals surface area contributed by atoms with Gasteiger partial charge in [0.05, 0.1) is 6.54 Å². The Morgan fingerprint density at radius 3 is 2.43 bits per heavy atom. The predicted octanol–water partition coefficient (Wildman–Crippen LogP) is 0.0485. The fourth-order valence-electron chi connectivity index (χ4n) is 1.14. The van der Waals surface area contributed by atoms with E-state index in [1.54, 1.807) is 0 Å². The predicted molar refractivity (Wildman–Crippen MR) is 52.8 cm³/mol. The second-order valence-electron chi connectivity index (χ2n) is 3.12. The maximum Gasteiger partial charge on any atom is 0.323 e. The summed E-state index contributed by atoms with van der Waals surface area (Å²) in [5, 5.41) is 8.55. The van der Waals surface area contributed by atoms with Crippen LogP contribution in [0.4, 0.5) is 0 Å². The smallest absolute Gasteiger partial charge is 0.323 e. The van der Waals surface area contributed by atoms with Gasteiger partial charge in [-0.15, -0.1) is 0 Å². The lowest BCUT2D eigenvalue weighted by molar-refractivity contribution is -0.143. The molecule has 0 aromatic heterocycles. The second-order valence-corrected chi connectivity index (χ2v) is 3.12. The van der Waals surface area contributed by atoms with Crippen LogP contribution >= 0.6 is 0 Å². The highest BCUT2D eigenvalue weighted by atomic mass is 16.4. The molecular weight excluding hydrogens is 184 g/mol. The average molecular weight is 202 g/mol. The van der Waals surface area contributed by atoms with Gasteiger partial charge in [-0.1, -0.05) is 19.8 Å². The molecule has 1 amide bonds. The number of unbranched alkanes of at least 4 members (excludes halogenated alkanes) is 2. The standard InChI is InChI=1S/C9H18N2O3/c1-2-3-4-5-11(7-9(13)14)8(12)6-10/h2-7,10H2,1H3,(H,13,14). The van der Waals surface area contributed by atoms with E-state index >= 15 is 0 Å². The lowest BCUT2D eigenvalue weighted by Crippen LogP contribution is -2.40. The summed E-state index contributed by atoms with van der Waals surface area (Å²) in [6.07, 6.45) is 2.86. The number of carboxylic acids is 1. The number of nitrogens with two attached hydrogens (primary N) is 1. The molecule has 0 spiro atoms. The summed E-state index contributed by atoms with van der Waals surface area (Å²) in [6, 6.07) is 0. The zero-order chi connectivity index (χ0) is 11.0. The quantitative estimate of drug-likeness (QED) is 0.571. The van der Waals surface area contributed by atoms with Crippen molar-refractivity contribution in [2.24, 2.45) is 5.73 Å². The highest BCUT2D eigenvalue weighted by Crippen LogP contribution is 1.98. The van der Waals surface area contributed by atoms with Crippen LogP contribution in [0, 0.1) is 0 Å². The average Bonchev–Trinajstić information content (AvgIpc) is 2.15. The Morgan fingerprint density at radius 1 is 1.36 bits per heavy atom. The number of rotatable bonds is 7. The molecule has 0 aliphatic carbocycles. The SMILES string of the molecule is CCCCCN(CC(=O)O)C(=O)CN. The van der Waals surface area contributed by atoms with Gasteiger partial charge in [0, 0.05) is 6.54 Å². The Balaban J connectivity index is 3.97. The fraction of sp³-hybridized carbons (Fsp3) is 0.778. The van der Waals surface area contributed by atoms with Gasteiger partial charge in [-0.25, -0.2) is 0 Å². The third-order valence-corrected chi connectivity index (χ3v) is 1.89. The molecular formula is C9H18N2O3. The van der Waals surface area contributed by atoms with E-state index < -0.39 is 5.97 Å². The number of hydrogen-bond donors (Lipinski definition) is 2. The van der Waals surface area contributed by atoms with Crippen molar-refractivity contribution < 1.29 is 14.7 Å². The summed E-state index contributed by atoms with van der Waals surface area (Å²) in [6.45, 7) is 2.15. The molecule has 0 bridgehead atoms. The number of carboxylic acid groups (broad SMARTS) is 1. The molecule has 0 saturated carbocycles. The first-order chi connectivity index (χ1) is 6.61. The maximum absolute atomic E-state index is 11.2. The van der Waals surface area contributed by atoms with Crippen molar-refractivity contribution in [1.82, 2.24) is 4.90 Å². The van der Waals surface area contributed by atoms with Crippen molar-refractivity contribution in [2.75, 3.05) is 19.6 Å². The summed E-state index contributed by atoms with van der Waals surface area (Å²) in [4.78, 5) is 22.9. The van der Waals surface area contributed by atoms with Gasteiger partial charge in [0.1, 0.15) is 6.54 Å². The van der Waals surface area contributed by atoms with E-state index in [-0.39, 0.29) is 19.0 Å². The molecule has 0 radical (unpaired) electrons. The van der Waals surface area contributed by atoms with Crippen LogP contribution in [0.25, 0.3) is 0 Å². The maximum atomic E-state index is 11.2. The van der Waals surface area contributed by atoms with Crippen LogP contribution in [0.15, 0.2) is 0 Å². The van der Waals surface area contributed by atoms with Crippen LogP contribution in [-0.2, 0) is 9.59 Å². The highest BCUT2D eigenvalue weighted by molar-refractivity contribution is 5.82. The van der Waals surface area contributed by atoms with Crippen LogP contribution in [0.5, 0.6) is 0 Å². The molecule has 0 unspecified atom stereocenters. The van der Waals surface area contributed by atoms with Gasteiger partial charge in [-0.3, -0.25) is 9.59 Å². The Labute approximate surface area is 83.9 Å². The molecule has 0 aromatic carbocycles. The zero-order valence-electron chi connectivity index (χ0n) is 8.53. The summed E-state index contributed by atoms with van der Waals surface area (Å²) in [7, 11) is 0. The van der Waals surface area contributed by atoms with Crippen LogP contribution in [-0.4, -0.2) is 41.5 Å². The molecule has 3 N–H and O–H groups in total. The molecule has 0 aliphatic rings. The molecule has 0 aliphatic heterocycles. The molecule has 0 aromatic rings. The Morgan fingerprint density at radius 2 is 2.00 bits per heavy atom. The van der Waals surface area contributed by atoms with Gasteiger partial charge in [0.15, 0.2) is 0 Å². The first kappa shape index (κ1) is 12.9. The summed E-state index contributed by atoms with van der Waals surface area (Å²) in [5.41, 5.74) is 5.17. The van der Waals surface area contributed by atoms with E-state index in [0.29, 0.717) is 6.54 Å². The minimum absolute atomic E-state index is 0.126. The highest BCUT2D eigenvalue weighted by Gasteiger charge is 2.14. The van der Waals surface area contributed by atoms with E-state index in [2.05, 4.69) is 0 Å². The molecule has 5 nitrogen and oxygen atoms in total. The molecule has 82 valence electrons. The molecule has 5 heteroatoms. The number of carbonyl (C=O) groups is 2. The Kier molecular flexibility index (Phi) is 6.74. The first-order valence-corrected chi connectivity index (χ1v) is 4.81. The molecule has 0 rings (SSSR count). The van der Waals surface area contributed by atoms with Crippen LogP contribution in [0.3, 0.4) is 0 Å². The van der Waals surface area contributed by atoms with Gasteiger partial charge in [-0.2, -0.15) is 0 Å². The third kappa shape index (κ3) is 5.53. The van der Waals surface area contributed by atoms with Crippen molar-refractivity contribution in [2.45, 2.75) is 26.2 Å². The monoisotopic (exact) mass is 202 g/mol. The van der Waals surface area contributed by atoms with E-state index in [1.807, 2.05) is 6.92 Å². The Hall–Kier alpha value is -1.10. The number of hydrogen-bond acceptors (Lipinski definition) is 3. The molecule has 0 fully saturated rings. The first-order valence-electron chi connectivity index (χ1n) is 4.81. The van der Waals surface area contributed by atoms with Crippen LogP contribution < -0.4 is 5.73 Å². The number of aliphatic carboxylic acids is 1. The van der Waals surface area contributed by atoms with Crippen molar-refractivity contribution in [1.29, 1.82) is 0 Å². The van der Waals surface area contributed by atoms with Crippen molar-refractivity contribution in [3.05, 3.63) is 0 Å². The van der Waals surface area contributed by atoms with Gasteiger partial charge < -0.3 is 15.7 Å². The lowest BCUT2D eigenvalue weighted by atomic mass is 10.2. The molecule has 0 atom stereocenters. The van der Waals surface area contributed by atoms with E-state index in [1.165, 1.54) is 4.90 Å². The van der Waals surface area contributed by atoms with E-state index in [0.717, 1.165) is 19.3 Å². The van der Waals surface area contributed by atoms with Gasteiger partial charge in [0.2, 0.25) is 5.91 Å². The van der Waals surface area contributed by atoms with E-state index in [4.69, 9.17) is 10.8 Å². The third-order valence-electron chi connectivity index (χ3n) is 1.89. The van der Waals surface area contributed by atoms with Crippen molar-refractivity contribution >= 4 is 11.9 Å². The normalized spacial score (nSPS) is 9.86. The number of amides is 1. The summed E-state index contributed by atoms with van der Waals surface area (Å²) >= 11 is 0. The van der Waals surface area contributed by atoms with Crippen molar-refractivity contribution in [3.8, 4) is 0 Å². The number of carbonyl (C=O) groups excluding carboxylic acids is 1. The minimum Gasteiger partial charge on any atom is -0.480 e. The molecule has 0 saturated heterocycles. The molecule has 0 heterocycles. The van der Waals surface area contributed by atoms with Crippen LogP contribution in [0.1, 0.15) is 26.2 Å². The van der Waals surface area contributed by atoms with E-state index in [9.17, 15) is 9.59 Å². The Bertz CT molecular complexity index is 194. The second kappa shape index (κ2) is 7.32. The topological polar surface area (TPSA) is 83.6 Å². The summed E-state index contributed by atoms with van der Waals surface area (Å²) < 4.78 is 0. The van der Waals surface area contributed by atoms with Gasteiger partial charge >= 0.3 is 5.97 Å². The largest absolute Gasteiger partial charge is 0.480 e. The molecule has 14 heavy (non-hydrogen) atoms. The minimum atomic E-state index is -0.997. The number of nitrogens with zero attached hydrogens (tertiary/aromatic N) is 1.